The highest BCUT2D eigenvalue weighted by atomic mass is 16.5. The first-order chi connectivity index (χ1) is 16.3. The summed E-state index contributed by atoms with van der Waals surface area (Å²) in [5, 5.41) is 21.2. The molecule has 2 N–H and O–H groups in total. The summed E-state index contributed by atoms with van der Waals surface area (Å²) >= 11 is 0. The molecule has 0 radical (unpaired) electrons. The van der Waals surface area contributed by atoms with Crippen molar-refractivity contribution in [3.8, 4) is 17.2 Å². The lowest BCUT2D eigenvalue weighted by Gasteiger charge is -2.25. The van der Waals surface area contributed by atoms with Crippen LogP contribution in [0.25, 0.3) is 5.76 Å². The zero-order valence-corrected chi connectivity index (χ0v) is 20.0. The van der Waals surface area contributed by atoms with E-state index in [1.807, 2.05) is 6.92 Å². The first-order valence-electron chi connectivity index (χ1n) is 11.2. The van der Waals surface area contributed by atoms with Crippen molar-refractivity contribution in [2.45, 2.75) is 32.7 Å². The normalized spacial score (nSPS) is 17.3. The van der Waals surface area contributed by atoms with Gasteiger partial charge in [0.15, 0.2) is 11.5 Å². The first kappa shape index (κ1) is 25.1. The Balaban J connectivity index is 2.09. The molecule has 1 aliphatic rings. The number of phenolic OH excluding ortho intramolecular Hbond substituents is 1. The van der Waals surface area contributed by atoms with Crippen molar-refractivity contribution in [3.05, 3.63) is 58.7 Å². The van der Waals surface area contributed by atoms with Crippen molar-refractivity contribution < 1.29 is 34.0 Å². The Labute approximate surface area is 199 Å². The molecule has 1 saturated heterocycles. The van der Waals surface area contributed by atoms with Gasteiger partial charge in [0, 0.05) is 19.2 Å². The Morgan fingerprint density at radius 2 is 1.82 bits per heavy atom. The fourth-order valence-corrected chi connectivity index (χ4v) is 3.95. The lowest BCUT2D eigenvalue weighted by Crippen LogP contribution is -2.32. The Bertz CT molecular complexity index is 1090. The van der Waals surface area contributed by atoms with Crippen molar-refractivity contribution in [1.29, 1.82) is 0 Å². The molecule has 0 bridgehead atoms. The zero-order chi connectivity index (χ0) is 24.8. The number of nitrogens with zero attached hydrogens (tertiary/aromatic N) is 1. The van der Waals surface area contributed by atoms with Crippen LogP contribution in [-0.4, -0.2) is 60.8 Å². The number of carbonyl (C=O) groups excluding carboxylic acids is 2. The molecule has 2 aromatic rings. The third-order valence-electron chi connectivity index (χ3n) is 5.80. The average molecular weight is 470 g/mol. The fourth-order valence-electron chi connectivity index (χ4n) is 3.95. The molecular formula is C26H31NO7. The van der Waals surface area contributed by atoms with E-state index in [2.05, 4.69) is 6.92 Å². The number of phenols is 1. The second-order valence-corrected chi connectivity index (χ2v) is 8.10. The molecule has 0 saturated carbocycles. The number of amides is 1. The van der Waals surface area contributed by atoms with Crippen molar-refractivity contribution in [2.24, 2.45) is 0 Å². The van der Waals surface area contributed by atoms with Crippen LogP contribution in [0.15, 0.2) is 42.0 Å². The minimum absolute atomic E-state index is 0.0344. The molecule has 1 amide bonds. The molecule has 8 heteroatoms. The number of hydrogen-bond acceptors (Lipinski definition) is 7. The zero-order valence-electron chi connectivity index (χ0n) is 20.0. The van der Waals surface area contributed by atoms with Crippen LogP contribution < -0.4 is 9.47 Å². The molecule has 3 rings (SSSR count). The minimum Gasteiger partial charge on any atom is -0.507 e. The van der Waals surface area contributed by atoms with E-state index in [0.717, 1.165) is 18.4 Å². The van der Waals surface area contributed by atoms with Crippen LogP contribution in [-0.2, 0) is 14.3 Å². The maximum Gasteiger partial charge on any atom is 0.295 e. The van der Waals surface area contributed by atoms with Crippen molar-refractivity contribution in [2.75, 3.05) is 34.0 Å². The van der Waals surface area contributed by atoms with Gasteiger partial charge in [0.2, 0.25) is 0 Å². The number of benzene rings is 2. The number of carbonyl (C=O) groups is 2. The molecule has 0 aromatic heterocycles. The smallest absolute Gasteiger partial charge is 0.295 e. The van der Waals surface area contributed by atoms with Crippen LogP contribution in [0.2, 0.25) is 0 Å². The highest BCUT2D eigenvalue weighted by Crippen LogP contribution is 2.42. The number of aliphatic hydroxyl groups excluding tert-OH is 1. The summed E-state index contributed by atoms with van der Waals surface area (Å²) < 4.78 is 16.1. The Morgan fingerprint density at radius 1 is 1.06 bits per heavy atom. The van der Waals surface area contributed by atoms with Gasteiger partial charge in [-0.2, -0.15) is 0 Å². The number of aliphatic hydroxyl groups is 1. The van der Waals surface area contributed by atoms with Gasteiger partial charge in [-0.3, -0.25) is 9.59 Å². The molecule has 0 spiro atoms. The largest absolute Gasteiger partial charge is 0.507 e. The van der Waals surface area contributed by atoms with Crippen molar-refractivity contribution in [1.82, 2.24) is 4.90 Å². The number of likely N-dealkylation sites (tertiary alicyclic amines) is 1. The summed E-state index contributed by atoms with van der Waals surface area (Å²) in [4.78, 5) is 27.3. The van der Waals surface area contributed by atoms with Crippen LogP contribution in [0.5, 0.6) is 17.2 Å². The summed E-state index contributed by atoms with van der Waals surface area (Å²) in [7, 11) is 2.91. The first-order valence-corrected chi connectivity index (χ1v) is 11.2. The predicted octanol–water partition coefficient (Wildman–Crippen LogP) is 3.96. The van der Waals surface area contributed by atoms with Gasteiger partial charge < -0.3 is 29.3 Å². The summed E-state index contributed by atoms with van der Waals surface area (Å²) in [5.74, 6) is -0.976. The standard InChI is InChI=1S/C26H31NO7/c1-5-6-12-34-20-10-8-18(14-16(20)2)24(29)22-23(17-7-9-19(28)21(15-17)33-4)27(11-13-32-3)26(31)25(22)30/h7-10,14-15,23,28-29H,5-6,11-13H2,1-4H3. The van der Waals surface area contributed by atoms with Crippen LogP contribution in [0.3, 0.4) is 0 Å². The highest BCUT2D eigenvalue weighted by molar-refractivity contribution is 6.46. The number of aromatic hydroxyl groups is 1. The predicted molar refractivity (Wildman–Crippen MR) is 127 cm³/mol. The lowest BCUT2D eigenvalue weighted by molar-refractivity contribution is -0.140. The van der Waals surface area contributed by atoms with Gasteiger partial charge >= 0.3 is 0 Å². The SMILES string of the molecule is CCCCOc1ccc(C(O)=C2C(=O)C(=O)N(CCOC)C2c2ccc(O)c(OC)c2)cc1C. The fraction of sp³-hybridized carbons (Fsp3) is 0.385. The Hall–Kier alpha value is -3.52. The quantitative estimate of drug-likeness (QED) is 0.235. The average Bonchev–Trinajstić information content (AvgIpc) is 3.08. The number of hydrogen-bond donors (Lipinski definition) is 2. The number of methoxy groups -OCH3 is 2. The Morgan fingerprint density at radius 3 is 2.47 bits per heavy atom. The summed E-state index contributed by atoms with van der Waals surface area (Å²) in [6.45, 7) is 4.89. The van der Waals surface area contributed by atoms with Gasteiger partial charge in [0.25, 0.3) is 11.7 Å². The number of unbranched alkanes of at least 4 members (excludes halogenated alkanes) is 1. The van der Waals surface area contributed by atoms with Crippen LogP contribution in [0, 0.1) is 6.92 Å². The van der Waals surface area contributed by atoms with Gasteiger partial charge in [-0.1, -0.05) is 19.4 Å². The Kier molecular flexibility index (Phi) is 8.17. The second-order valence-electron chi connectivity index (χ2n) is 8.10. The highest BCUT2D eigenvalue weighted by Gasteiger charge is 2.46. The van der Waals surface area contributed by atoms with Crippen molar-refractivity contribution >= 4 is 17.4 Å². The third kappa shape index (κ3) is 5.02. The van der Waals surface area contributed by atoms with E-state index in [-0.39, 0.29) is 36.0 Å². The lowest BCUT2D eigenvalue weighted by atomic mass is 9.94. The van der Waals surface area contributed by atoms with Gasteiger partial charge in [0.05, 0.1) is 31.9 Å². The molecular weight excluding hydrogens is 438 g/mol. The second kappa shape index (κ2) is 11.1. The van der Waals surface area contributed by atoms with Crippen LogP contribution in [0.4, 0.5) is 0 Å². The molecule has 182 valence electrons. The van der Waals surface area contributed by atoms with Gasteiger partial charge in [-0.15, -0.1) is 0 Å². The topological polar surface area (TPSA) is 106 Å². The molecule has 1 atom stereocenters. The molecule has 1 fully saturated rings. The van der Waals surface area contributed by atoms with E-state index in [9.17, 15) is 19.8 Å². The molecule has 0 aliphatic carbocycles. The van der Waals surface area contributed by atoms with E-state index in [1.165, 1.54) is 25.2 Å². The van der Waals surface area contributed by atoms with Gasteiger partial charge in [-0.05, 0) is 54.8 Å². The van der Waals surface area contributed by atoms with E-state index in [4.69, 9.17) is 14.2 Å². The summed E-state index contributed by atoms with van der Waals surface area (Å²) in [5.41, 5.74) is 1.69. The van der Waals surface area contributed by atoms with Gasteiger partial charge in [0.1, 0.15) is 11.5 Å². The van der Waals surface area contributed by atoms with Crippen LogP contribution >= 0.6 is 0 Å². The monoisotopic (exact) mass is 469 g/mol. The molecule has 34 heavy (non-hydrogen) atoms. The summed E-state index contributed by atoms with van der Waals surface area (Å²) in [6.07, 6.45) is 1.95. The number of rotatable bonds is 10. The number of ketones is 1. The van der Waals surface area contributed by atoms with Crippen LogP contribution in [0.1, 0.15) is 42.5 Å². The molecule has 8 nitrogen and oxygen atoms in total. The number of aryl methyl sites for hydroxylation is 1. The molecule has 2 aromatic carbocycles. The number of Topliss-reactive ketones (excluding diaryl/α,β-unsaturated/α-hetero) is 1. The number of ether oxygens (including phenoxy) is 3. The molecule has 1 aliphatic heterocycles. The van der Waals surface area contributed by atoms with E-state index in [0.29, 0.717) is 23.5 Å². The van der Waals surface area contributed by atoms with Crippen molar-refractivity contribution in [3.63, 3.8) is 0 Å². The molecule has 1 unspecified atom stereocenters. The van der Waals surface area contributed by atoms with E-state index >= 15 is 0 Å². The minimum atomic E-state index is -0.870. The van der Waals surface area contributed by atoms with E-state index < -0.39 is 17.7 Å². The third-order valence-corrected chi connectivity index (χ3v) is 5.80. The van der Waals surface area contributed by atoms with Gasteiger partial charge in [-0.25, -0.2) is 0 Å². The maximum absolute atomic E-state index is 13.1. The maximum atomic E-state index is 13.1. The van der Waals surface area contributed by atoms with E-state index in [1.54, 1.807) is 30.3 Å². The molecule has 1 heterocycles. The summed E-state index contributed by atoms with van der Waals surface area (Å²) in [6, 6.07) is 8.85.